The van der Waals surface area contributed by atoms with Gasteiger partial charge < -0.3 is 4.90 Å². The van der Waals surface area contributed by atoms with Crippen molar-refractivity contribution in [3.63, 3.8) is 0 Å². The van der Waals surface area contributed by atoms with E-state index in [1.54, 1.807) is 5.54 Å². The number of nitrogens with one attached hydrogen (secondary N) is 1. The maximum atomic E-state index is 11.5. The first kappa shape index (κ1) is 7.95. The molecule has 1 aliphatic heterocycles. The Kier molecular flexibility index (Phi) is 3.68. The number of likely N-dealkylation sites (tertiary alicyclic amines) is 1. The maximum absolute atomic E-state index is 11.5. The molecule has 0 aliphatic carbocycles. The van der Waals surface area contributed by atoms with Gasteiger partial charge in [0.05, 0.1) is 0 Å². The molecular formula is C7H15FN2. The third-order valence-corrected chi connectivity index (χ3v) is 1.97. The molecule has 1 rings (SSSR count). The monoisotopic (exact) mass is 146 g/mol. The fraction of sp³-hybridized carbons (Fsp3) is 1.00. The zero-order chi connectivity index (χ0) is 7.23. The van der Waals surface area contributed by atoms with Gasteiger partial charge in [-0.2, -0.15) is 5.54 Å². The molecule has 3 heteroatoms. The number of halogens is 1. The van der Waals surface area contributed by atoms with E-state index in [2.05, 4.69) is 4.90 Å². The number of piperidine rings is 1. The van der Waals surface area contributed by atoms with Crippen molar-refractivity contribution in [2.45, 2.75) is 19.3 Å². The minimum Gasteiger partial charge on any atom is -0.302 e. The maximum Gasteiger partial charge on any atom is 0.0387 e. The highest BCUT2D eigenvalue weighted by Gasteiger charge is 2.08. The number of hydrogen-bond acceptors (Lipinski definition) is 2. The van der Waals surface area contributed by atoms with Crippen LogP contribution in [0.15, 0.2) is 0 Å². The Morgan fingerprint density at radius 1 is 1.20 bits per heavy atom. The molecule has 0 aromatic heterocycles. The van der Waals surface area contributed by atoms with Gasteiger partial charge in [-0.3, -0.25) is 0 Å². The first-order valence-electron chi connectivity index (χ1n) is 3.99. The van der Waals surface area contributed by atoms with E-state index in [-0.39, 0.29) is 0 Å². The molecule has 0 saturated carbocycles. The van der Waals surface area contributed by atoms with Gasteiger partial charge in [0.25, 0.3) is 0 Å². The average molecular weight is 146 g/mol. The van der Waals surface area contributed by atoms with E-state index in [0.717, 1.165) is 19.6 Å². The molecule has 1 aliphatic rings. The summed E-state index contributed by atoms with van der Waals surface area (Å²) in [5.74, 6) is 0. The highest BCUT2D eigenvalue weighted by Crippen LogP contribution is 2.06. The second-order valence-electron chi connectivity index (χ2n) is 2.79. The first-order chi connectivity index (χ1) is 4.93. The van der Waals surface area contributed by atoms with Gasteiger partial charge >= 0.3 is 0 Å². The molecule has 1 N–H and O–H groups in total. The van der Waals surface area contributed by atoms with Crippen LogP contribution in [0.25, 0.3) is 0 Å². The number of rotatable bonds is 3. The third-order valence-electron chi connectivity index (χ3n) is 1.97. The lowest BCUT2D eigenvalue weighted by atomic mass is 10.1. The Hall–Kier alpha value is -0.150. The summed E-state index contributed by atoms with van der Waals surface area (Å²) < 4.78 is 11.5. The van der Waals surface area contributed by atoms with Crippen LogP contribution < -0.4 is 5.54 Å². The molecular weight excluding hydrogens is 131 g/mol. The van der Waals surface area contributed by atoms with Crippen molar-refractivity contribution >= 4 is 0 Å². The van der Waals surface area contributed by atoms with Crippen LogP contribution in [-0.2, 0) is 0 Å². The summed E-state index contributed by atoms with van der Waals surface area (Å²) in [6, 6.07) is 0. The molecule has 0 bridgehead atoms. The lowest BCUT2D eigenvalue weighted by molar-refractivity contribution is 0.207. The molecule has 1 heterocycles. The number of nitrogens with zero attached hydrogens (tertiary/aromatic N) is 1. The van der Waals surface area contributed by atoms with Gasteiger partial charge in [-0.1, -0.05) is 6.42 Å². The van der Waals surface area contributed by atoms with Crippen molar-refractivity contribution in [2.75, 3.05) is 26.2 Å². The largest absolute Gasteiger partial charge is 0.302 e. The van der Waals surface area contributed by atoms with Crippen LogP contribution in [0.3, 0.4) is 0 Å². The molecule has 0 radical (unpaired) electrons. The quantitative estimate of drug-likeness (QED) is 0.596. The highest BCUT2D eigenvalue weighted by molar-refractivity contribution is 4.63. The van der Waals surface area contributed by atoms with Gasteiger partial charge in [0, 0.05) is 13.1 Å². The van der Waals surface area contributed by atoms with Crippen LogP contribution in [0.2, 0.25) is 0 Å². The van der Waals surface area contributed by atoms with Crippen molar-refractivity contribution in [1.82, 2.24) is 10.4 Å². The summed E-state index contributed by atoms with van der Waals surface area (Å²) in [6.45, 7) is 3.64. The van der Waals surface area contributed by atoms with Crippen LogP contribution >= 0.6 is 0 Å². The van der Waals surface area contributed by atoms with Crippen molar-refractivity contribution in [1.29, 1.82) is 0 Å². The SMILES string of the molecule is FNCCN1CCCCC1. The predicted molar refractivity (Wildman–Crippen MR) is 39.4 cm³/mol. The zero-order valence-corrected chi connectivity index (χ0v) is 6.27. The second kappa shape index (κ2) is 4.63. The van der Waals surface area contributed by atoms with E-state index in [4.69, 9.17) is 0 Å². The lowest BCUT2D eigenvalue weighted by Gasteiger charge is -2.25. The van der Waals surface area contributed by atoms with Crippen LogP contribution in [0.1, 0.15) is 19.3 Å². The van der Waals surface area contributed by atoms with E-state index in [9.17, 15) is 4.48 Å². The summed E-state index contributed by atoms with van der Waals surface area (Å²) >= 11 is 0. The van der Waals surface area contributed by atoms with E-state index < -0.39 is 0 Å². The Morgan fingerprint density at radius 3 is 2.50 bits per heavy atom. The highest BCUT2D eigenvalue weighted by atomic mass is 19.2. The van der Waals surface area contributed by atoms with Gasteiger partial charge in [-0.15, -0.1) is 4.48 Å². The van der Waals surface area contributed by atoms with Crippen molar-refractivity contribution in [3.05, 3.63) is 0 Å². The zero-order valence-electron chi connectivity index (χ0n) is 6.27. The molecule has 0 amide bonds. The summed E-state index contributed by atoms with van der Waals surface area (Å²) in [5.41, 5.74) is 1.67. The predicted octanol–water partition coefficient (Wildman–Crippen LogP) is 0.946. The van der Waals surface area contributed by atoms with Gasteiger partial charge in [-0.25, -0.2) is 0 Å². The summed E-state index contributed by atoms with van der Waals surface area (Å²) in [5, 5.41) is 0. The second-order valence-corrected chi connectivity index (χ2v) is 2.79. The molecule has 1 fully saturated rings. The molecule has 0 aromatic carbocycles. The molecule has 1 saturated heterocycles. The van der Waals surface area contributed by atoms with Gasteiger partial charge in [0.2, 0.25) is 0 Å². The molecule has 0 spiro atoms. The molecule has 60 valence electrons. The Morgan fingerprint density at radius 2 is 1.90 bits per heavy atom. The minimum atomic E-state index is 0.472. The van der Waals surface area contributed by atoms with Gasteiger partial charge in [-0.05, 0) is 25.9 Å². The fourth-order valence-electron chi connectivity index (χ4n) is 1.38. The Balaban J connectivity index is 2.02. The molecule has 0 unspecified atom stereocenters. The van der Waals surface area contributed by atoms with E-state index in [1.165, 1.54) is 19.3 Å². The summed E-state index contributed by atoms with van der Waals surface area (Å²) in [7, 11) is 0. The normalized spacial score (nSPS) is 21.3. The van der Waals surface area contributed by atoms with Crippen LogP contribution in [0, 0.1) is 0 Å². The summed E-state index contributed by atoms with van der Waals surface area (Å²) in [4.78, 5) is 2.30. The van der Waals surface area contributed by atoms with Gasteiger partial charge in [0.15, 0.2) is 0 Å². The van der Waals surface area contributed by atoms with Crippen LogP contribution in [0.4, 0.5) is 4.48 Å². The molecule has 2 nitrogen and oxygen atoms in total. The number of hydrogen-bond donors (Lipinski definition) is 1. The van der Waals surface area contributed by atoms with Crippen molar-refractivity contribution < 1.29 is 4.48 Å². The smallest absolute Gasteiger partial charge is 0.0387 e. The lowest BCUT2D eigenvalue weighted by Crippen LogP contribution is -2.34. The van der Waals surface area contributed by atoms with Crippen molar-refractivity contribution in [3.8, 4) is 0 Å². The standard InChI is InChI=1S/C7H15FN2/c8-9-4-7-10-5-2-1-3-6-10/h9H,1-7H2. The molecule has 10 heavy (non-hydrogen) atoms. The van der Waals surface area contributed by atoms with Crippen LogP contribution in [-0.4, -0.2) is 31.1 Å². The Labute approximate surface area is 61.3 Å². The molecule has 0 atom stereocenters. The fourth-order valence-corrected chi connectivity index (χ4v) is 1.38. The van der Waals surface area contributed by atoms with Crippen molar-refractivity contribution in [2.24, 2.45) is 0 Å². The Bertz CT molecular complexity index is 81.7. The first-order valence-corrected chi connectivity index (χ1v) is 3.99. The summed E-state index contributed by atoms with van der Waals surface area (Å²) in [6.07, 6.45) is 3.91. The van der Waals surface area contributed by atoms with Gasteiger partial charge in [0.1, 0.15) is 0 Å². The van der Waals surface area contributed by atoms with Crippen LogP contribution in [0.5, 0.6) is 0 Å². The van der Waals surface area contributed by atoms with E-state index >= 15 is 0 Å². The molecule has 0 aromatic rings. The topological polar surface area (TPSA) is 15.3 Å². The minimum absolute atomic E-state index is 0.472. The van der Waals surface area contributed by atoms with E-state index in [1.807, 2.05) is 0 Å². The van der Waals surface area contributed by atoms with E-state index in [0.29, 0.717) is 6.54 Å². The average Bonchev–Trinajstić information content (AvgIpc) is 2.03. The third kappa shape index (κ3) is 2.62.